The van der Waals surface area contributed by atoms with Crippen LogP contribution >= 0.6 is 94.0 Å². The van der Waals surface area contributed by atoms with Crippen LogP contribution in [-0.2, 0) is 0 Å². The normalized spacial score (nSPS) is 10.3. The Balaban J connectivity index is 0.000000219. The van der Waals surface area contributed by atoms with Crippen molar-refractivity contribution in [2.75, 3.05) is 0 Å². The molecule has 114 valence electrons. The lowest BCUT2D eigenvalue weighted by atomic mass is 10.4. The van der Waals surface area contributed by atoms with Crippen LogP contribution in [0.5, 0.6) is 0 Å². The van der Waals surface area contributed by atoms with Gasteiger partial charge >= 0.3 is 0 Å². The van der Waals surface area contributed by atoms with E-state index in [0.717, 1.165) is 9.79 Å². The predicted molar refractivity (Wildman–Crippen MR) is 102 cm³/mol. The number of thioether (sulfide) groups is 1. The molecule has 0 nitrogen and oxygen atoms in total. The highest BCUT2D eigenvalue weighted by atomic mass is 35.5. The third kappa shape index (κ3) is 8.92. The van der Waals surface area contributed by atoms with Crippen molar-refractivity contribution in [1.29, 1.82) is 0 Å². The molecule has 0 bridgehead atoms. The summed E-state index contributed by atoms with van der Waals surface area (Å²) in [5.74, 6) is 0. The molecule has 0 saturated carbocycles. The van der Waals surface area contributed by atoms with Gasteiger partial charge in [0.2, 0.25) is 0 Å². The molecule has 0 atom stereocenters. The van der Waals surface area contributed by atoms with E-state index < -0.39 is 4.17 Å². The van der Waals surface area contributed by atoms with Gasteiger partial charge in [-0.15, -0.1) is 12.6 Å². The number of benzene rings is 2. The summed E-state index contributed by atoms with van der Waals surface area (Å²) in [4.78, 5) is 1.65. The number of hydrogen-bond donors (Lipinski definition) is 1. The molecule has 0 fully saturated rings. The van der Waals surface area contributed by atoms with Crippen molar-refractivity contribution < 1.29 is 0 Å². The Labute approximate surface area is 163 Å². The molecule has 0 spiro atoms. The molecule has 0 amide bonds. The smallest absolute Gasteiger partial charge is 0.143 e. The van der Waals surface area contributed by atoms with E-state index in [4.69, 9.17) is 69.6 Å². The van der Waals surface area contributed by atoms with E-state index in [2.05, 4.69) is 12.6 Å². The number of alkyl halides is 2. The summed E-state index contributed by atoms with van der Waals surface area (Å²) < 4.78 is -0.500. The van der Waals surface area contributed by atoms with E-state index in [0.29, 0.717) is 20.1 Å². The zero-order chi connectivity index (χ0) is 16.0. The molecule has 2 aromatic rings. The number of thiol groups is 1. The molecule has 21 heavy (non-hydrogen) atoms. The highest BCUT2D eigenvalue weighted by Gasteiger charge is 2.03. The Morgan fingerprint density at radius 3 is 1.43 bits per heavy atom. The van der Waals surface area contributed by atoms with Crippen LogP contribution in [0.4, 0.5) is 0 Å². The lowest BCUT2D eigenvalue weighted by Crippen LogP contribution is -1.78. The summed E-state index contributed by atoms with van der Waals surface area (Å²) in [5.41, 5.74) is 0. The zero-order valence-corrected chi connectivity index (χ0v) is 16.4. The van der Waals surface area contributed by atoms with Crippen LogP contribution in [0.15, 0.2) is 46.2 Å². The van der Waals surface area contributed by atoms with Gasteiger partial charge in [-0.2, -0.15) is 0 Å². The Bertz CT molecular complexity index is 532. The first-order valence-electron chi connectivity index (χ1n) is 5.32. The second-order valence-corrected chi connectivity index (χ2v) is 8.67. The molecule has 0 unspecified atom stereocenters. The van der Waals surface area contributed by atoms with E-state index in [9.17, 15) is 0 Å². The van der Waals surface area contributed by atoms with Gasteiger partial charge in [-0.05, 0) is 36.4 Å². The summed E-state index contributed by atoms with van der Waals surface area (Å²) in [6.45, 7) is 0. The molecule has 0 N–H and O–H groups in total. The van der Waals surface area contributed by atoms with Crippen LogP contribution < -0.4 is 0 Å². The number of rotatable bonds is 2. The van der Waals surface area contributed by atoms with E-state index in [1.165, 1.54) is 11.8 Å². The van der Waals surface area contributed by atoms with Gasteiger partial charge in [-0.3, -0.25) is 0 Å². The molecule has 0 aliphatic rings. The fraction of sp³-hybridized carbons (Fsp3) is 0.0769. The van der Waals surface area contributed by atoms with Crippen molar-refractivity contribution in [2.45, 2.75) is 14.0 Å². The largest absolute Gasteiger partial charge is 0.157 e. The molecular weight excluding hydrogens is 433 g/mol. The molecule has 2 rings (SSSR count). The van der Waals surface area contributed by atoms with Crippen LogP contribution in [0.3, 0.4) is 0 Å². The molecule has 2 aromatic carbocycles. The van der Waals surface area contributed by atoms with Gasteiger partial charge in [0, 0.05) is 29.9 Å². The van der Waals surface area contributed by atoms with Crippen molar-refractivity contribution in [3.63, 3.8) is 0 Å². The molecular formula is C13H8Cl6S2. The predicted octanol–water partition coefficient (Wildman–Crippen LogP) is 8.13. The summed E-state index contributed by atoms with van der Waals surface area (Å²) >= 11 is 39.2. The zero-order valence-electron chi connectivity index (χ0n) is 10.2. The van der Waals surface area contributed by atoms with Crippen molar-refractivity contribution in [1.82, 2.24) is 0 Å². The average molecular weight is 441 g/mol. The van der Waals surface area contributed by atoms with Crippen LogP contribution in [0.1, 0.15) is 0 Å². The van der Waals surface area contributed by atoms with Crippen molar-refractivity contribution in [3.8, 4) is 0 Å². The molecule has 8 heteroatoms. The standard InChI is InChI=1S/C7H4Cl4S.C6H4Cl2S/c8-4-1-5(9)3-6(2-4)12-7(10)11;7-4-1-5(8)3-6(9)2-4/h1-3,7H;1-3,9H. The van der Waals surface area contributed by atoms with Gasteiger partial charge < -0.3 is 0 Å². The maximum atomic E-state index is 5.75. The minimum atomic E-state index is -0.500. The SMILES string of the molecule is Clc1cc(Cl)cc(SC(Cl)Cl)c1.Sc1cc(Cl)cc(Cl)c1. The van der Waals surface area contributed by atoms with Gasteiger partial charge in [0.15, 0.2) is 4.17 Å². The fourth-order valence-electron chi connectivity index (χ4n) is 1.24. The Kier molecular flexibility index (Phi) is 9.39. The van der Waals surface area contributed by atoms with E-state index >= 15 is 0 Å². The van der Waals surface area contributed by atoms with Gasteiger partial charge in [-0.1, -0.05) is 81.4 Å². The first-order valence-corrected chi connectivity index (χ1v) is 9.03. The number of halogens is 6. The Morgan fingerprint density at radius 1 is 0.714 bits per heavy atom. The maximum absolute atomic E-state index is 5.75. The first-order chi connectivity index (χ1) is 9.76. The Morgan fingerprint density at radius 2 is 1.10 bits per heavy atom. The summed E-state index contributed by atoms with van der Waals surface area (Å²) in [7, 11) is 0. The minimum absolute atomic E-state index is 0.500. The number of hydrogen-bond acceptors (Lipinski definition) is 2. The van der Waals surface area contributed by atoms with Gasteiger partial charge in [0.05, 0.1) is 0 Å². The quantitative estimate of drug-likeness (QED) is 0.279. The fourth-order valence-corrected chi connectivity index (χ4v) is 4.06. The van der Waals surface area contributed by atoms with E-state index in [-0.39, 0.29) is 0 Å². The second-order valence-electron chi connectivity index (χ2n) is 3.61. The van der Waals surface area contributed by atoms with Crippen LogP contribution in [0.2, 0.25) is 20.1 Å². The van der Waals surface area contributed by atoms with Crippen LogP contribution in [0.25, 0.3) is 0 Å². The summed E-state index contributed by atoms with van der Waals surface area (Å²) in [6, 6.07) is 10.3. The van der Waals surface area contributed by atoms with Gasteiger partial charge in [0.1, 0.15) is 0 Å². The van der Waals surface area contributed by atoms with Gasteiger partial charge in [-0.25, -0.2) is 0 Å². The van der Waals surface area contributed by atoms with E-state index in [1.807, 2.05) is 0 Å². The van der Waals surface area contributed by atoms with E-state index in [1.54, 1.807) is 36.4 Å². The highest BCUT2D eigenvalue weighted by Crippen LogP contribution is 2.32. The minimum Gasteiger partial charge on any atom is -0.143 e. The average Bonchev–Trinajstić information content (AvgIpc) is 2.24. The maximum Gasteiger partial charge on any atom is 0.157 e. The lowest BCUT2D eigenvalue weighted by molar-refractivity contribution is 1.46. The summed E-state index contributed by atoms with van der Waals surface area (Å²) in [6.07, 6.45) is 0. The van der Waals surface area contributed by atoms with Crippen molar-refractivity contribution >= 4 is 94.0 Å². The summed E-state index contributed by atoms with van der Waals surface area (Å²) in [5, 5.41) is 2.40. The van der Waals surface area contributed by atoms with Crippen LogP contribution in [-0.4, -0.2) is 4.17 Å². The van der Waals surface area contributed by atoms with Gasteiger partial charge in [0.25, 0.3) is 0 Å². The molecule has 0 heterocycles. The monoisotopic (exact) mass is 438 g/mol. The third-order valence-electron chi connectivity index (χ3n) is 1.91. The molecule has 0 aliphatic heterocycles. The van der Waals surface area contributed by atoms with Crippen molar-refractivity contribution in [2.24, 2.45) is 0 Å². The highest BCUT2D eigenvalue weighted by molar-refractivity contribution is 8.02. The Hall–Kier alpha value is 0.880. The van der Waals surface area contributed by atoms with Crippen molar-refractivity contribution in [3.05, 3.63) is 56.5 Å². The lowest BCUT2D eigenvalue weighted by Gasteiger charge is -2.02. The third-order valence-corrected chi connectivity index (χ3v) is 4.26. The van der Waals surface area contributed by atoms with Crippen LogP contribution in [0, 0.1) is 0 Å². The molecule has 0 saturated heterocycles. The molecule has 0 aromatic heterocycles. The second kappa shape index (κ2) is 9.89. The topological polar surface area (TPSA) is 0 Å². The first kappa shape index (κ1) is 19.9. The molecule has 0 aliphatic carbocycles. The molecule has 0 radical (unpaired) electrons.